The van der Waals surface area contributed by atoms with Gasteiger partial charge in [-0.1, -0.05) is 18.2 Å². The van der Waals surface area contributed by atoms with Crippen molar-refractivity contribution in [3.63, 3.8) is 0 Å². The molecule has 11 heteroatoms. The Hall–Kier alpha value is -5.97. The minimum Gasteiger partial charge on any atom is -0.496 e. The van der Waals surface area contributed by atoms with Crippen LogP contribution in [0.5, 0.6) is 17.2 Å². The van der Waals surface area contributed by atoms with Crippen molar-refractivity contribution in [2.45, 2.75) is 6.92 Å². The number of carbonyl (C=O) groups is 1. The number of rotatable bonds is 10. The second-order valence-electron chi connectivity index (χ2n) is 9.78. The number of para-hydroxylation sites is 1. The van der Waals surface area contributed by atoms with E-state index < -0.39 is 11.7 Å². The zero-order chi connectivity index (χ0) is 31.3. The molecule has 0 unspecified atom stereocenters. The number of furan rings is 1. The number of hydrogen-bond acceptors (Lipinski definition) is 8. The third kappa shape index (κ3) is 6.23. The van der Waals surface area contributed by atoms with Crippen LogP contribution < -0.4 is 25.1 Å². The zero-order valence-electron chi connectivity index (χ0n) is 24.3. The van der Waals surface area contributed by atoms with Gasteiger partial charge in [0.15, 0.2) is 23.9 Å². The summed E-state index contributed by atoms with van der Waals surface area (Å²) in [7, 11) is 1.57. The Labute approximate surface area is 256 Å². The predicted octanol–water partition coefficient (Wildman–Crippen LogP) is 6.26. The van der Waals surface area contributed by atoms with E-state index in [1.54, 1.807) is 61.7 Å². The molecular formula is C34H27FN4O6. The molecule has 6 aromatic rings. The van der Waals surface area contributed by atoms with Gasteiger partial charge in [-0.25, -0.2) is 9.37 Å². The van der Waals surface area contributed by atoms with Crippen LogP contribution in [0.2, 0.25) is 0 Å². The summed E-state index contributed by atoms with van der Waals surface area (Å²) in [6, 6.07) is 24.7. The van der Waals surface area contributed by atoms with Crippen molar-refractivity contribution in [2.75, 3.05) is 25.6 Å². The largest absolute Gasteiger partial charge is 0.496 e. The van der Waals surface area contributed by atoms with E-state index in [4.69, 9.17) is 23.6 Å². The fraction of sp³-hybridized carbons (Fsp3) is 0.118. The van der Waals surface area contributed by atoms with Gasteiger partial charge in [0.25, 0.3) is 11.5 Å². The van der Waals surface area contributed by atoms with Gasteiger partial charge in [-0.3, -0.25) is 9.59 Å². The molecule has 6 rings (SSSR count). The molecule has 1 amide bonds. The van der Waals surface area contributed by atoms with E-state index in [0.29, 0.717) is 57.4 Å². The van der Waals surface area contributed by atoms with Gasteiger partial charge in [0.1, 0.15) is 17.1 Å². The number of aromatic nitrogens is 2. The lowest BCUT2D eigenvalue weighted by atomic mass is 10.2. The number of benzene rings is 4. The SMILES string of the molecule is CCOc1cc(C=Nn2c(-c3cc4c(OC)cccc4o3)nc3ccccc3c2=O)ccc1OCC(=O)Nc1ccc(F)cc1. The van der Waals surface area contributed by atoms with Crippen molar-refractivity contribution >= 4 is 39.7 Å². The Kier molecular flexibility index (Phi) is 8.23. The lowest BCUT2D eigenvalue weighted by Gasteiger charge is -2.13. The molecule has 0 bridgehead atoms. The summed E-state index contributed by atoms with van der Waals surface area (Å²) in [4.78, 5) is 30.8. The average molecular weight is 607 g/mol. The Morgan fingerprint density at radius 3 is 2.58 bits per heavy atom. The van der Waals surface area contributed by atoms with Crippen LogP contribution in [-0.4, -0.2) is 42.1 Å². The van der Waals surface area contributed by atoms with E-state index in [1.165, 1.54) is 35.2 Å². The van der Waals surface area contributed by atoms with Crippen molar-refractivity contribution < 1.29 is 27.8 Å². The number of fused-ring (bicyclic) bond motifs is 2. The van der Waals surface area contributed by atoms with Crippen LogP contribution in [0.15, 0.2) is 105 Å². The van der Waals surface area contributed by atoms with Crippen molar-refractivity contribution in [2.24, 2.45) is 5.10 Å². The van der Waals surface area contributed by atoms with Gasteiger partial charge in [0.05, 0.1) is 36.2 Å². The maximum Gasteiger partial charge on any atom is 0.282 e. The maximum absolute atomic E-state index is 13.6. The minimum atomic E-state index is -0.423. The van der Waals surface area contributed by atoms with Crippen LogP contribution in [0, 0.1) is 5.82 Å². The van der Waals surface area contributed by atoms with Crippen molar-refractivity contribution in [3.8, 4) is 28.8 Å². The summed E-state index contributed by atoms with van der Waals surface area (Å²) in [5, 5.41) is 8.28. The normalized spacial score (nSPS) is 11.3. The van der Waals surface area contributed by atoms with E-state index in [2.05, 4.69) is 10.4 Å². The van der Waals surface area contributed by atoms with Crippen LogP contribution >= 0.6 is 0 Å². The molecule has 1 N–H and O–H groups in total. The molecule has 0 atom stereocenters. The third-order valence-corrected chi connectivity index (χ3v) is 6.79. The second kappa shape index (κ2) is 12.7. The highest BCUT2D eigenvalue weighted by molar-refractivity contribution is 5.92. The van der Waals surface area contributed by atoms with E-state index in [-0.39, 0.29) is 18.0 Å². The molecule has 0 fully saturated rings. The summed E-state index contributed by atoms with van der Waals surface area (Å²) in [5.74, 6) is 1.07. The van der Waals surface area contributed by atoms with E-state index in [0.717, 1.165) is 5.39 Å². The van der Waals surface area contributed by atoms with Crippen molar-refractivity contribution in [1.82, 2.24) is 9.66 Å². The molecule has 4 aromatic carbocycles. The fourth-order valence-electron chi connectivity index (χ4n) is 4.70. The van der Waals surface area contributed by atoms with Gasteiger partial charge < -0.3 is 23.9 Å². The summed E-state index contributed by atoms with van der Waals surface area (Å²) in [6.45, 7) is 1.86. The van der Waals surface area contributed by atoms with E-state index in [9.17, 15) is 14.0 Å². The lowest BCUT2D eigenvalue weighted by molar-refractivity contribution is -0.118. The van der Waals surface area contributed by atoms with Gasteiger partial charge in [-0.2, -0.15) is 9.78 Å². The molecule has 226 valence electrons. The van der Waals surface area contributed by atoms with E-state index in [1.807, 2.05) is 19.1 Å². The standard InChI is InChI=1S/C34H27FN4O6/c1-3-43-30-17-21(11-16-29(30)44-20-32(40)37-23-14-12-22(35)13-15-23)19-36-39-33(38-26-8-5-4-7-24(26)34(39)41)31-18-25-27(42-2)9-6-10-28(25)45-31/h4-19H,3,20H2,1-2H3,(H,37,40). The molecule has 0 aliphatic rings. The second-order valence-corrected chi connectivity index (χ2v) is 9.78. The molecule has 0 saturated carbocycles. The molecule has 0 spiro atoms. The summed E-state index contributed by atoms with van der Waals surface area (Å²) in [5.41, 5.74) is 1.74. The number of anilines is 1. The molecule has 0 aliphatic heterocycles. The highest BCUT2D eigenvalue weighted by Crippen LogP contribution is 2.33. The van der Waals surface area contributed by atoms with Gasteiger partial charge in [-0.15, -0.1) is 0 Å². The molecule has 10 nitrogen and oxygen atoms in total. The lowest BCUT2D eigenvalue weighted by Crippen LogP contribution is -2.20. The van der Waals surface area contributed by atoms with Crippen LogP contribution in [0.3, 0.4) is 0 Å². The third-order valence-electron chi connectivity index (χ3n) is 6.79. The highest BCUT2D eigenvalue weighted by Gasteiger charge is 2.18. The first-order chi connectivity index (χ1) is 21.9. The number of ether oxygens (including phenoxy) is 3. The smallest absolute Gasteiger partial charge is 0.282 e. The first-order valence-electron chi connectivity index (χ1n) is 14.0. The molecule has 2 aromatic heterocycles. The molecule has 45 heavy (non-hydrogen) atoms. The Morgan fingerprint density at radius 1 is 0.956 bits per heavy atom. The Balaban J connectivity index is 1.31. The molecule has 0 radical (unpaired) electrons. The quantitative estimate of drug-likeness (QED) is 0.183. The molecule has 0 aliphatic carbocycles. The molecule has 0 saturated heterocycles. The topological polar surface area (TPSA) is 117 Å². The zero-order valence-corrected chi connectivity index (χ0v) is 24.3. The summed E-state index contributed by atoms with van der Waals surface area (Å²) >= 11 is 0. The summed E-state index contributed by atoms with van der Waals surface area (Å²) < 4.78 is 37.4. The van der Waals surface area contributed by atoms with Crippen LogP contribution in [0.25, 0.3) is 33.5 Å². The fourth-order valence-corrected chi connectivity index (χ4v) is 4.70. The van der Waals surface area contributed by atoms with Crippen LogP contribution in [0.4, 0.5) is 10.1 Å². The maximum atomic E-state index is 13.6. The van der Waals surface area contributed by atoms with Crippen LogP contribution in [-0.2, 0) is 4.79 Å². The number of nitrogens with one attached hydrogen (secondary N) is 1. The van der Waals surface area contributed by atoms with Gasteiger partial charge >= 0.3 is 0 Å². The first kappa shape index (κ1) is 29.1. The average Bonchev–Trinajstić information content (AvgIpc) is 3.50. The number of nitrogens with zero attached hydrogens (tertiary/aromatic N) is 3. The predicted molar refractivity (Wildman–Crippen MR) is 169 cm³/mol. The molecule has 2 heterocycles. The van der Waals surface area contributed by atoms with Gasteiger partial charge in [-0.05, 0) is 85.3 Å². The number of hydrogen-bond donors (Lipinski definition) is 1. The van der Waals surface area contributed by atoms with Crippen molar-refractivity contribution in [1.29, 1.82) is 0 Å². The number of methoxy groups -OCH3 is 1. The minimum absolute atomic E-state index is 0.213. The van der Waals surface area contributed by atoms with Crippen LogP contribution in [0.1, 0.15) is 12.5 Å². The number of carbonyl (C=O) groups excluding carboxylic acids is 1. The van der Waals surface area contributed by atoms with Gasteiger partial charge in [0.2, 0.25) is 5.82 Å². The number of amides is 1. The first-order valence-corrected chi connectivity index (χ1v) is 14.0. The summed E-state index contributed by atoms with van der Waals surface area (Å²) in [6.07, 6.45) is 1.50. The Bertz CT molecular complexity index is 2100. The highest BCUT2D eigenvalue weighted by atomic mass is 19.1. The molecular weight excluding hydrogens is 579 g/mol. The van der Waals surface area contributed by atoms with Gasteiger partial charge in [0, 0.05) is 5.69 Å². The van der Waals surface area contributed by atoms with E-state index >= 15 is 0 Å². The Morgan fingerprint density at radius 2 is 1.78 bits per heavy atom. The number of halogens is 1. The monoisotopic (exact) mass is 606 g/mol. The van der Waals surface area contributed by atoms with Crippen molar-refractivity contribution in [3.05, 3.63) is 113 Å².